The molecule has 0 saturated carbocycles. The Bertz CT molecular complexity index is 1440. The molecule has 3 aromatic carbocycles. The second-order valence-electron chi connectivity index (χ2n) is 9.12. The minimum absolute atomic E-state index is 0.0744. The van der Waals surface area contributed by atoms with Crippen molar-refractivity contribution in [3.8, 4) is 17.2 Å². The Labute approximate surface area is 226 Å². The summed E-state index contributed by atoms with van der Waals surface area (Å²) in [6.45, 7) is 1.59. The number of ether oxygens (including phenoxy) is 3. The Morgan fingerprint density at radius 2 is 1.59 bits per heavy atom. The van der Waals surface area contributed by atoms with E-state index in [1.807, 2.05) is 55.5 Å². The number of carboxylic acids is 1. The van der Waals surface area contributed by atoms with Crippen LogP contribution in [0.5, 0.6) is 17.2 Å². The molecule has 1 amide bonds. The molecule has 0 saturated heterocycles. The lowest BCUT2D eigenvalue weighted by molar-refractivity contribution is -0.144. The molecule has 0 bridgehead atoms. The number of halogens is 1. The molecule has 4 rings (SSSR count). The summed E-state index contributed by atoms with van der Waals surface area (Å²) < 4.78 is 30.8. The number of amides is 1. The predicted octanol–water partition coefficient (Wildman–Crippen LogP) is 5.68. The van der Waals surface area contributed by atoms with E-state index >= 15 is 0 Å². The van der Waals surface area contributed by atoms with Gasteiger partial charge in [0.15, 0.2) is 11.5 Å². The van der Waals surface area contributed by atoms with Gasteiger partial charge in [-0.2, -0.15) is 0 Å². The van der Waals surface area contributed by atoms with Gasteiger partial charge in [-0.3, -0.25) is 9.59 Å². The lowest BCUT2D eigenvalue weighted by Gasteiger charge is -2.21. The van der Waals surface area contributed by atoms with Crippen molar-refractivity contribution in [1.82, 2.24) is 4.90 Å². The van der Waals surface area contributed by atoms with Gasteiger partial charge in [0.1, 0.15) is 12.4 Å². The molecule has 0 atom stereocenters. The summed E-state index contributed by atoms with van der Waals surface area (Å²) in [5.41, 5.74) is 5.23. The predicted molar refractivity (Wildman–Crippen MR) is 147 cm³/mol. The number of allylic oxidation sites excluding steroid dienone is 2. The van der Waals surface area contributed by atoms with Crippen molar-refractivity contribution in [2.24, 2.45) is 0 Å². The highest BCUT2D eigenvalue weighted by molar-refractivity contribution is 6.08. The lowest BCUT2D eigenvalue weighted by atomic mass is 10.00. The molecule has 1 aliphatic carbocycles. The van der Waals surface area contributed by atoms with E-state index in [0.717, 1.165) is 27.8 Å². The number of rotatable bonds is 10. The van der Waals surface area contributed by atoms with Crippen LogP contribution >= 0.6 is 0 Å². The van der Waals surface area contributed by atoms with Gasteiger partial charge in [-0.05, 0) is 76.2 Å². The number of carbonyl (C=O) groups excluding carboxylic acids is 1. The van der Waals surface area contributed by atoms with Crippen LogP contribution in [-0.2, 0) is 16.1 Å². The minimum Gasteiger partial charge on any atom is -0.493 e. The molecular weight excluding hydrogens is 501 g/mol. The molecule has 0 aliphatic heterocycles. The fourth-order valence-electron chi connectivity index (χ4n) is 4.80. The van der Waals surface area contributed by atoms with Crippen molar-refractivity contribution >= 4 is 29.1 Å². The molecule has 1 N–H and O–H groups in total. The summed E-state index contributed by atoms with van der Waals surface area (Å²) >= 11 is 0. The number of nitrogens with zero attached hydrogens (tertiary/aromatic N) is 1. The SMILES string of the molecule is COc1cc(C=C2C(C)=C(CC(=O)N(CC(=O)O)Cc3ccccc3)c3cc(F)ccc32)cc(OC)c1OC. The van der Waals surface area contributed by atoms with Crippen molar-refractivity contribution in [2.75, 3.05) is 27.9 Å². The van der Waals surface area contributed by atoms with Gasteiger partial charge in [0.25, 0.3) is 0 Å². The first kappa shape index (κ1) is 27.4. The van der Waals surface area contributed by atoms with Crippen molar-refractivity contribution in [3.63, 3.8) is 0 Å². The molecule has 0 radical (unpaired) electrons. The smallest absolute Gasteiger partial charge is 0.323 e. The van der Waals surface area contributed by atoms with Gasteiger partial charge in [0.05, 0.1) is 27.8 Å². The Hall–Kier alpha value is -4.59. The van der Waals surface area contributed by atoms with Crippen molar-refractivity contribution in [1.29, 1.82) is 0 Å². The lowest BCUT2D eigenvalue weighted by Crippen LogP contribution is -2.35. The number of methoxy groups -OCH3 is 3. The van der Waals surface area contributed by atoms with Crippen LogP contribution in [0.4, 0.5) is 4.39 Å². The second-order valence-corrected chi connectivity index (χ2v) is 9.12. The van der Waals surface area contributed by atoms with Crippen molar-refractivity contribution in [3.05, 3.63) is 94.3 Å². The van der Waals surface area contributed by atoms with E-state index in [4.69, 9.17) is 14.2 Å². The summed E-state index contributed by atoms with van der Waals surface area (Å²) in [5.74, 6) is -0.448. The van der Waals surface area contributed by atoms with E-state index in [0.29, 0.717) is 28.4 Å². The average molecular weight is 532 g/mol. The van der Waals surface area contributed by atoms with Gasteiger partial charge < -0.3 is 24.2 Å². The summed E-state index contributed by atoms with van der Waals surface area (Å²) in [4.78, 5) is 26.3. The van der Waals surface area contributed by atoms with E-state index in [1.54, 1.807) is 6.07 Å². The molecule has 1 aliphatic rings. The zero-order chi connectivity index (χ0) is 28.1. The van der Waals surface area contributed by atoms with Crippen molar-refractivity contribution in [2.45, 2.75) is 19.9 Å². The fourth-order valence-corrected chi connectivity index (χ4v) is 4.80. The zero-order valence-corrected chi connectivity index (χ0v) is 22.3. The topological polar surface area (TPSA) is 85.3 Å². The summed E-state index contributed by atoms with van der Waals surface area (Å²) in [6.07, 6.45) is 1.85. The summed E-state index contributed by atoms with van der Waals surface area (Å²) in [7, 11) is 4.60. The number of carbonyl (C=O) groups is 2. The van der Waals surface area contributed by atoms with Crippen LogP contribution in [-0.4, -0.2) is 49.8 Å². The molecule has 202 valence electrons. The molecule has 3 aromatic rings. The number of benzene rings is 3. The highest BCUT2D eigenvalue weighted by Crippen LogP contribution is 2.45. The Morgan fingerprint density at radius 1 is 0.923 bits per heavy atom. The monoisotopic (exact) mass is 531 g/mol. The maximum atomic E-state index is 14.4. The number of aliphatic carboxylic acids is 1. The van der Waals surface area contributed by atoms with E-state index in [2.05, 4.69) is 0 Å². The normalized spacial score (nSPS) is 13.3. The highest BCUT2D eigenvalue weighted by Gasteiger charge is 2.28. The first-order chi connectivity index (χ1) is 18.7. The summed E-state index contributed by atoms with van der Waals surface area (Å²) in [5, 5.41) is 9.45. The van der Waals surface area contributed by atoms with Crippen LogP contribution in [0.25, 0.3) is 17.2 Å². The quantitative estimate of drug-likeness (QED) is 0.362. The van der Waals surface area contributed by atoms with Crippen LogP contribution in [0.1, 0.15) is 35.6 Å². The third-order valence-electron chi connectivity index (χ3n) is 6.67. The van der Waals surface area contributed by atoms with Crippen LogP contribution in [0.15, 0.2) is 66.2 Å². The Kier molecular flexibility index (Phi) is 8.34. The van der Waals surface area contributed by atoms with Crippen LogP contribution < -0.4 is 14.2 Å². The zero-order valence-electron chi connectivity index (χ0n) is 22.3. The van der Waals surface area contributed by atoms with E-state index in [9.17, 15) is 19.1 Å². The van der Waals surface area contributed by atoms with Gasteiger partial charge in [-0.15, -0.1) is 0 Å². The average Bonchev–Trinajstić information content (AvgIpc) is 3.17. The summed E-state index contributed by atoms with van der Waals surface area (Å²) in [6, 6.07) is 17.3. The Balaban J connectivity index is 1.75. The molecule has 39 heavy (non-hydrogen) atoms. The second kappa shape index (κ2) is 11.9. The first-order valence-electron chi connectivity index (χ1n) is 12.3. The first-order valence-corrected chi connectivity index (χ1v) is 12.3. The molecule has 0 heterocycles. The van der Waals surface area contributed by atoms with E-state index in [-0.39, 0.29) is 18.9 Å². The molecular formula is C31H30FNO6. The van der Waals surface area contributed by atoms with Crippen LogP contribution in [0.3, 0.4) is 0 Å². The van der Waals surface area contributed by atoms with Gasteiger partial charge in [-0.25, -0.2) is 4.39 Å². The molecule has 0 spiro atoms. The van der Waals surface area contributed by atoms with Gasteiger partial charge >= 0.3 is 5.97 Å². The fraction of sp³-hybridized carbons (Fsp3) is 0.226. The molecule has 0 unspecified atom stereocenters. The number of hydrogen-bond donors (Lipinski definition) is 1. The molecule has 8 heteroatoms. The van der Waals surface area contributed by atoms with E-state index in [1.165, 1.54) is 38.4 Å². The van der Waals surface area contributed by atoms with Crippen LogP contribution in [0, 0.1) is 5.82 Å². The standard InChI is InChI=1S/C31H30FNO6/c1-19-24(12-21-13-27(37-2)31(39-4)28(14-21)38-3)23-11-10-22(32)15-26(23)25(19)16-29(34)33(18-30(35)36)17-20-8-6-5-7-9-20/h5-15H,16-18H2,1-4H3,(H,35,36). The third-order valence-corrected chi connectivity index (χ3v) is 6.67. The maximum Gasteiger partial charge on any atom is 0.323 e. The Morgan fingerprint density at radius 3 is 2.18 bits per heavy atom. The van der Waals surface area contributed by atoms with Crippen molar-refractivity contribution < 1.29 is 33.3 Å². The van der Waals surface area contributed by atoms with Crippen LogP contribution in [0.2, 0.25) is 0 Å². The molecule has 7 nitrogen and oxygen atoms in total. The number of fused-ring (bicyclic) bond motifs is 1. The van der Waals surface area contributed by atoms with Gasteiger partial charge in [0.2, 0.25) is 11.7 Å². The maximum absolute atomic E-state index is 14.4. The van der Waals surface area contributed by atoms with E-state index < -0.39 is 18.3 Å². The number of carboxylic acid groups (broad SMARTS) is 1. The van der Waals surface area contributed by atoms with Gasteiger partial charge in [-0.1, -0.05) is 36.4 Å². The number of hydrogen-bond acceptors (Lipinski definition) is 5. The third kappa shape index (κ3) is 5.95. The largest absolute Gasteiger partial charge is 0.493 e. The molecule has 0 fully saturated rings. The minimum atomic E-state index is -1.11. The molecule has 0 aromatic heterocycles. The highest BCUT2D eigenvalue weighted by atomic mass is 19.1. The van der Waals surface area contributed by atoms with Gasteiger partial charge in [0, 0.05) is 6.54 Å².